The minimum absolute atomic E-state index is 0.438. The molecule has 0 aromatic heterocycles. The predicted octanol–water partition coefficient (Wildman–Crippen LogP) is 1.78. The highest BCUT2D eigenvalue weighted by atomic mass is 16.2. The average molecular weight is 236 g/mol. The number of amides is 1. The smallest absolute Gasteiger partial charge is 0.223 e. The normalized spacial score (nSPS) is 37.2. The summed E-state index contributed by atoms with van der Waals surface area (Å²) in [6, 6.07) is 0.602. The first-order chi connectivity index (χ1) is 8.34. The van der Waals surface area contributed by atoms with E-state index in [1.807, 2.05) is 0 Å². The lowest BCUT2D eigenvalue weighted by atomic mass is 9.85. The summed E-state index contributed by atoms with van der Waals surface area (Å²) >= 11 is 0. The van der Waals surface area contributed by atoms with Crippen LogP contribution < -0.4 is 5.32 Å². The molecule has 0 bridgehead atoms. The van der Waals surface area contributed by atoms with Crippen LogP contribution in [0.25, 0.3) is 0 Å². The number of likely N-dealkylation sites (tertiary alicyclic amines) is 1. The Labute approximate surface area is 104 Å². The summed E-state index contributed by atoms with van der Waals surface area (Å²) in [6.07, 6.45) is 8.58. The molecule has 2 heterocycles. The van der Waals surface area contributed by atoms with E-state index in [9.17, 15) is 4.79 Å². The van der Waals surface area contributed by atoms with Crippen molar-refractivity contribution >= 4 is 5.91 Å². The highest BCUT2D eigenvalue weighted by molar-refractivity contribution is 5.77. The van der Waals surface area contributed by atoms with Crippen LogP contribution in [0.15, 0.2) is 0 Å². The van der Waals surface area contributed by atoms with E-state index < -0.39 is 0 Å². The van der Waals surface area contributed by atoms with E-state index in [4.69, 9.17) is 0 Å². The monoisotopic (exact) mass is 236 g/mol. The second kappa shape index (κ2) is 4.97. The zero-order valence-corrected chi connectivity index (χ0v) is 10.7. The largest absolute Gasteiger partial charge is 0.339 e. The fraction of sp³-hybridized carbons (Fsp3) is 0.929. The van der Waals surface area contributed by atoms with E-state index >= 15 is 0 Å². The predicted molar refractivity (Wildman–Crippen MR) is 67.7 cm³/mol. The van der Waals surface area contributed by atoms with Crippen LogP contribution in [0.1, 0.15) is 44.9 Å². The van der Waals surface area contributed by atoms with Gasteiger partial charge in [0.05, 0.1) is 0 Å². The van der Waals surface area contributed by atoms with Crippen molar-refractivity contribution in [3.05, 3.63) is 0 Å². The SMILES string of the molecule is O=C(CC1CCNC1)N1CCC2CCCCC21. The Kier molecular flexibility index (Phi) is 3.37. The summed E-state index contributed by atoms with van der Waals surface area (Å²) in [4.78, 5) is 14.6. The first-order valence-corrected chi connectivity index (χ1v) is 7.35. The van der Waals surface area contributed by atoms with Gasteiger partial charge in [-0.2, -0.15) is 0 Å². The van der Waals surface area contributed by atoms with Crippen LogP contribution in [0, 0.1) is 11.8 Å². The zero-order chi connectivity index (χ0) is 11.7. The molecule has 3 fully saturated rings. The van der Waals surface area contributed by atoms with Gasteiger partial charge in [-0.15, -0.1) is 0 Å². The van der Waals surface area contributed by atoms with Crippen LogP contribution in [0.4, 0.5) is 0 Å². The van der Waals surface area contributed by atoms with Gasteiger partial charge in [0.15, 0.2) is 0 Å². The maximum atomic E-state index is 12.4. The van der Waals surface area contributed by atoms with Gasteiger partial charge in [-0.1, -0.05) is 12.8 Å². The van der Waals surface area contributed by atoms with E-state index in [0.29, 0.717) is 17.9 Å². The minimum atomic E-state index is 0.438. The third kappa shape index (κ3) is 2.35. The molecular formula is C14H24N2O. The van der Waals surface area contributed by atoms with Gasteiger partial charge in [-0.3, -0.25) is 4.79 Å². The molecule has 0 spiro atoms. The summed E-state index contributed by atoms with van der Waals surface area (Å²) in [7, 11) is 0. The number of nitrogens with one attached hydrogen (secondary N) is 1. The highest BCUT2D eigenvalue weighted by Gasteiger charge is 2.38. The number of carbonyl (C=O) groups is 1. The Morgan fingerprint density at radius 2 is 2.06 bits per heavy atom. The molecule has 0 radical (unpaired) electrons. The van der Waals surface area contributed by atoms with Gasteiger partial charge in [-0.05, 0) is 50.6 Å². The molecule has 3 rings (SSSR count). The Morgan fingerprint density at radius 1 is 1.18 bits per heavy atom. The molecule has 0 aromatic carbocycles. The molecule has 3 aliphatic rings. The molecule has 1 N–H and O–H groups in total. The van der Waals surface area contributed by atoms with Gasteiger partial charge in [-0.25, -0.2) is 0 Å². The molecule has 2 aliphatic heterocycles. The Balaban J connectivity index is 1.57. The molecule has 3 nitrogen and oxygen atoms in total. The van der Waals surface area contributed by atoms with E-state index in [1.54, 1.807) is 0 Å². The van der Waals surface area contributed by atoms with E-state index in [0.717, 1.165) is 32.0 Å². The molecule has 1 saturated carbocycles. The van der Waals surface area contributed by atoms with Crippen LogP contribution in [-0.4, -0.2) is 36.5 Å². The summed E-state index contributed by atoms with van der Waals surface area (Å²) in [5, 5.41) is 3.35. The first-order valence-electron chi connectivity index (χ1n) is 7.35. The lowest BCUT2D eigenvalue weighted by Crippen LogP contribution is -2.40. The third-order valence-electron chi connectivity index (χ3n) is 4.96. The summed E-state index contributed by atoms with van der Waals surface area (Å²) in [5.74, 6) is 1.87. The standard InChI is InChI=1S/C14H24N2O/c17-14(9-11-5-7-15-10-11)16-8-6-12-3-1-2-4-13(12)16/h11-13,15H,1-10H2. The second-order valence-electron chi connectivity index (χ2n) is 6.05. The molecular weight excluding hydrogens is 212 g/mol. The fourth-order valence-electron chi connectivity index (χ4n) is 3.97. The van der Waals surface area contributed by atoms with Crippen LogP contribution in [0.2, 0.25) is 0 Å². The van der Waals surface area contributed by atoms with Gasteiger partial charge in [0, 0.05) is 19.0 Å². The van der Waals surface area contributed by atoms with Gasteiger partial charge in [0.2, 0.25) is 5.91 Å². The van der Waals surface area contributed by atoms with Gasteiger partial charge >= 0.3 is 0 Å². The van der Waals surface area contributed by atoms with Gasteiger partial charge in [0.1, 0.15) is 0 Å². The van der Waals surface area contributed by atoms with Crippen LogP contribution >= 0.6 is 0 Å². The third-order valence-corrected chi connectivity index (χ3v) is 4.96. The van der Waals surface area contributed by atoms with Gasteiger partial charge < -0.3 is 10.2 Å². The maximum absolute atomic E-state index is 12.4. The van der Waals surface area contributed by atoms with Crippen molar-refractivity contribution in [1.29, 1.82) is 0 Å². The highest BCUT2D eigenvalue weighted by Crippen LogP contribution is 2.36. The Bertz CT molecular complexity index is 286. The lowest BCUT2D eigenvalue weighted by Gasteiger charge is -2.32. The molecule has 3 heteroatoms. The Morgan fingerprint density at radius 3 is 2.88 bits per heavy atom. The summed E-state index contributed by atoms with van der Waals surface area (Å²) in [6.45, 7) is 3.19. The molecule has 17 heavy (non-hydrogen) atoms. The van der Waals surface area contributed by atoms with Gasteiger partial charge in [0.25, 0.3) is 0 Å². The quantitative estimate of drug-likeness (QED) is 0.792. The van der Waals surface area contributed by atoms with Crippen molar-refractivity contribution in [2.45, 2.75) is 51.0 Å². The molecule has 3 unspecified atom stereocenters. The zero-order valence-electron chi connectivity index (χ0n) is 10.7. The average Bonchev–Trinajstić information content (AvgIpc) is 2.96. The summed E-state index contributed by atoms with van der Waals surface area (Å²) in [5.41, 5.74) is 0. The van der Waals surface area contributed by atoms with Crippen LogP contribution in [0.3, 0.4) is 0 Å². The molecule has 0 aromatic rings. The van der Waals surface area contributed by atoms with Crippen molar-refractivity contribution in [3.63, 3.8) is 0 Å². The van der Waals surface area contributed by atoms with Crippen LogP contribution in [0.5, 0.6) is 0 Å². The number of fused-ring (bicyclic) bond motifs is 1. The number of hydrogen-bond donors (Lipinski definition) is 1. The number of carbonyl (C=O) groups excluding carboxylic acids is 1. The summed E-state index contributed by atoms with van der Waals surface area (Å²) < 4.78 is 0. The fourth-order valence-corrected chi connectivity index (χ4v) is 3.97. The lowest BCUT2D eigenvalue weighted by molar-refractivity contribution is -0.133. The number of rotatable bonds is 2. The molecule has 1 amide bonds. The van der Waals surface area contributed by atoms with Crippen molar-refractivity contribution in [2.24, 2.45) is 11.8 Å². The van der Waals surface area contributed by atoms with E-state index in [2.05, 4.69) is 10.2 Å². The molecule has 96 valence electrons. The van der Waals surface area contributed by atoms with Crippen molar-refractivity contribution in [1.82, 2.24) is 10.2 Å². The van der Waals surface area contributed by atoms with Crippen molar-refractivity contribution in [3.8, 4) is 0 Å². The van der Waals surface area contributed by atoms with Crippen molar-refractivity contribution in [2.75, 3.05) is 19.6 Å². The number of nitrogens with zero attached hydrogens (tertiary/aromatic N) is 1. The molecule has 2 saturated heterocycles. The first kappa shape index (κ1) is 11.5. The van der Waals surface area contributed by atoms with Crippen LogP contribution in [-0.2, 0) is 4.79 Å². The topological polar surface area (TPSA) is 32.3 Å². The van der Waals surface area contributed by atoms with Crippen molar-refractivity contribution < 1.29 is 4.79 Å². The van der Waals surface area contributed by atoms with E-state index in [1.165, 1.54) is 38.5 Å². The maximum Gasteiger partial charge on any atom is 0.223 e. The molecule has 1 aliphatic carbocycles. The van der Waals surface area contributed by atoms with E-state index in [-0.39, 0.29) is 0 Å². The second-order valence-corrected chi connectivity index (χ2v) is 6.05. The minimum Gasteiger partial charge on any atom is -0.339 e. The molecule has 3 atom stereocenters. The Hall–Kier alpha value is -0.570. The number of hydrogen-bond acceptors (Lipinski definition) is 2.